The van der Waals surface area contributed by atoms with Crippen LogP contribution in [0.25, 0.3) is 0 Å². The number of hydrogen-bond donors (Lipinski definition) is 3. The largest absolute Gasteiger partial charge is 0.493 e. The standard InChI is InChI=1S/C19H20FN3O6/c1-11(29-14-6-4-3-5-13(14)20)18(25)22-23-19(26)12-7-8-15(16(9-12)27-2)28-10-17(21)24/h3-9,11H,10H2,1-2H3,(H2,21,24)(H,22,25)(H,23,26). The first-order chi connectivity index (χ1) is 13.8. The van der Waals surface area contributed by atoms with Crippen LogP contribution in [-0.2, 0) is 9.59 Å². The molecule has 10 heteroatoms. The number of para-hydroxylation sites is 1. The summed E-state index contributed by atoms with van der Waals surface area (Å²) in [6, 6.07) is 9.82. The first kappa shape index (κ1) is 21.5. The van der Waals surface area contributed by atoms with E-state index >= 15 is 0 Å². The average Bonchev–Trinajstić information content (AvgIpc) is 2.71. The van der Waals surface area contributed by atoms with Gasteiger partial charge in [0.05, 0.1) is 7.11 Å². The molecule has 0 heterocycles. The van der Waals surface area contributed by atoms with Gasteiger partial charge < -0.3 is 19.9 Å². The molecule has 2 rings (SSSR count). The first-order valence-electron chi connectivity index (χ1n) is 8.42. The van der Waals surface area contributed by atoms with E-state index in [1.165, 1.54) is 50.4 Å². The van der Waals surface area contributed by atoms with Gasteiger partial charge in [0.2, 0.25) is 0 Å². The second kappa shape index (κ2) is 9.93. The molecule has 9 nitrogen and oxygen atoms in total. The third-order valence-electron chi connectivity index (χ3n) is 3.60. The fraction of sp³-hybridized carbons (Fsp3) is 0.211. The van der Waals surface area contributed by atoms with Crippen LogP contribution >= 0.6 is 0 Å². The number of primary amides is 1. The molecule has 0 saturated carbocycles. The van der Waals surface area contributed by atoms with Crippen molar-refractivity contribution in [3.05, 3.63) is 53.8 Å². The molecule has 0 bridgehead atoms. The number of nitrogens with two attached hydrogens (primary N) is 1. The van der Waals surface area contributed by atoms with Gasteiger partial charge in [-0.2, -0.15) is 0 Å². The number of ether oxygens (including phenoxy) is 3. The first-order valence-corrected chi connectivity index (χ1v) is 8.42. The van der Waals surface area contributed by atoms with E-state index in [4.69, 9.17) is 19.9 Å². The highest BCUT2D eigenvalue weighted by atomic mass is 19.1. The Morgan fingerprint density at radius 1 is 1.07 bits per heavy atom. The number of benzene rings is 2. The van der Waals surface area contributed by atoms with E-state index in [0.717, 1.165) is 0 Å². The minimum absolute atomic E-state index is 0.0854. The minimum atomic E-state index is -1.06. The molecule has 0 saturated heterocycles. The van der Waals surface area contributed by atoms with Gasteiger partial charge in [0.15, 0.2) is 35.8 Å². The molecule has 2 aromatic carbocycles. The van der Waals surface area contributed by atoms with Crippen molar-refractivity contribution in [2.24, 2.45) is 5.73 Å². The van der Waals surface area contributed by atoms with Gasteiger partial charge in [-0.15, -0.1) is 0 Å². The lowest BCUT2D eigenvalue weighted by Gasteiger charge is -2.16. The maximum atomic E-state index is 13.6. The van der Waals surface area contributed by atoms with Gasteiger partial charge in [-0.05, 0) is 37.3 Å². The van der Waals surface area contributed by atoms with Crippen molar-refractivity contribution in [3.8, 4) is 17.2 Å². The van der Waals surface area contributed by atoms with Crippen LogP contribution in [0.4, 0.5) is 4.39 Å². The second-order valence-corrected chi connectivity index (χ2v) is 5.75. The van der Waals surface area contributed by atoms with Crippen molar-refractivity contribution in [3.63, 3.8) is 0 Å². The van der Waals surface area contributed by atoms with Crippen LogP contribution in [0.3, 0.4) is 0 Å². The lowest BCUT2D eigenvalue weighted by Crippen LogP contribution is -2.47. The molecule has 0 aliphatic heterocycles. The predicted molar refractivity (Wildman–Crippen MR) is 99.8 cm³/mol. The zero-order valence-corrected chi connectivity index (χ0v) is 15.7. The number of halogens is 1. The molecule has 2 aromatic rings. The van der Waals surface area contributed by atoms with Crippen LogP contribution in [-0.4, -0.2) is 37.5 Å². The van der Waals surface area contributed by atoms with Gasteiger partial charge in [0, 0.05) is 5.56 Å². The van der Waals surface area contributed by atoms with Crippen LogP contribution in [0.1, 0.15) is 17.3 Å². The predicted octanol–water partition coefficient (Wildman–Crippen LogP) is 0.927. The Morgan fingerprint density at radius 3 is 2.45 bits per heavy atom. The molecule has 1 unspecified atom stereocenters. The lowest BCUT2D eigenvalue weighted by atomic mass is 10.2. The summed E-state index contributed by atoms with van der Waals surface area (Å²) in [6.45, 7) is 1.06. The minimum Gasteiger partial charge on any atom is -0.493 e. The Labute approximate surface area is 165 Å². The molecule has 0 aliphatic carbocycles. The van der Waals surface area contributed by atoms with E-state index in [-0.39, 0.29) is 29.4 Å². The summed E-state index contributed by atoms with van der Waals surface area (Å²) in [7, 11) is 1.36. The highest BCUT2D eigenvalue weighted by Gasteiger charge is 2.18. The Bertz CT molecular complexity index is 905. The van der Waals surface area contributed by atoms with Gasteiger partial charge in [-0.1, -0.05) is 12.1 Å². The van der Waals surface area contributed by atoms with E-state index in [1.807, 2.05) is 0 Å². The fourth-order valence-electron chi connectivity index (χ4n) is 2.15. The Kier molecular flexibility index (Phi) is 7.35. The van der Waals surface area contributed by atoms with Crippen molar-refractivity contribution in [1.82, 2.24) is 10.9 Å². The number of hydrazine groups is 1. The van der Waals surface area contributed by atoms with Gasteiger partial charge in [0.25, 0.3) is 17.7 Å². The monoisotopic (exact) mass is 405 g/mol. The molecule has 3 amide bonds. The van der Waals surface area contributed by atoms with E-state index in [1.54, 1.807) is 6.07 Å². The van der Waals surface area contributed by atoms with Crippen LogP contribution in [0, 0.1) is 5.82 Å². The topological polar surface area (TPSA) is 129 Å². The molecule has 0 spiro atoms. The summed E-state index contributed by atoms with van der Waals surface area (Å²) < 4.78 is 29.1. The van der Waals surface area contributed by atoms with E-state index in [2.05, 4.69) is 10.9 Å². The molecule has 29 heavy (non-hydrogen) atoms. The Morgan fingerprint density at radius 2 is 1.79 bits per heavy atom. The van der Waals surface area contributed by atoms with Gasteiger partial charge in [-0.25, -0.2) is 4.39 Å². The van der Waals surface area contributed by atoms with E-state index in [9.17, 15) is 18.8 Å². The smallest absolute Gasteiger partial charge is 0.279 e. The number of carbonyl (C=O) groups is 3. The summed E-state index contributed by atoms with van der Waals surface area (Å²) in [5.41, 5.74) is 9.58. The fourth-order valence-corrected chi connectivity index (χ4v) is 2.15. The summed E-state index contributed by atoms with van der Waals surface area (Å²) in [5, 5.41) is 0. The highest BCUT2D eigenvalue weighted by Crippen LogP contribution is 2.28. The zero-order chi connectivity index (χ0) is 21.4. The maximum Gasteiger partial charge on any atom is 0.279 e. The van der Waals surface area contributed by atoms with Crippen LogP contribution in [0.15, 0.2) is 42.5 Å². The number of amides is 3. The Hall–Kier alpha value is -3.82. The molecule has 0 radical (unpaired) electrons. The molecule has 1 atom stereocenters. The number of methoxy groups -OCH3 is 1. The number of carbonyl (C=O) groups excluding carboxylic acids is 3. The molecule has 0 aromatic heterocycles. The lowest BCUT2D eigenvalue weighted by molar-refractivity contribution is -0.128. The molecule has 4 N–H and O–H groups in total. The molecule has 0 fully saturated rings. The Balaban J connectivity index is 1.94. The SMILES string of the molecule is COc1cc(C(=O)NNC(=O)C(C)Oc2ccccc2F)ccc1OCC(N)=O. The second-order valence-electron chi connectivity index (χ2n) is 5.75. The van der Waals surface area contributed by atoms with Crippen molar-refractivity contribution >= 4 is 17.7 Å². The summed E-state index contributed by atoms with van der Waals surface area (Å²) in [6.07, 6.45) is -1.06. The molecular formula is C19H20FN3O6. The number of rotatable bonds is 8. The summed E-state index contributed by atoms with van der Waals surface area (Å²) in [5.74, 6) is -2.27. The number of nitrogens with one attached hydrogen (secondary N) is 2. The average molecular weight is 405 g/mol. The van der Waals surface area contributed by atoms with E-state index in [0.29, 0.717) is 0 Å². The van der Waals surface area contributed by atoms with Gasteiger partial charge in [0.1, 0.15) is 0 Å². The van der Waals surface area contributed by atoms with Gasteiger partial charge >= 0.3 is 0 Å². The van der Waals surface area contributed by atoms with Crippen LogP contribution < -0.4 is 30.8 Å². The quantitative estimate of drug-likeness (QED) is 0.561. The highest BCUT2D eigenvalue weighted by molar-refractivity contribution is 5.96. The van der Waals surface area contributed by atoms with E-state index < -0.39 is 29.6 Å². The van der Waals surface area contributed by atoms with Gasteiger partial charge in [-0.3, -0.25) is 25.2 Å². The zero-order valence-electron chi connectivity index (χ0n) is 15.7. The summed E-state index contributed by atoms with van der Waals surface area (Å²) >= 11 is 0. The molecular weight excluding hydrogens is 385 g/mol. The number of hydrogen-bond acceptors (Lipinski definition) is 6. The third kappa shape index (κ3) is 6.09. The van der Waals surface area contributed by atoms with Crippen molar-refractivity contribution in [1.29, 1.82) is 0 Å². The van der Waals surface area contributed by atoms with Crippen molar-refractivity contribution < 1.29 is 33.0 Å². The van der Waals surface area contributed by atoms with Crippen molar-refractivity contribution in [2.45, 2.75) is 13.0 Å². The maximum absolute atomic E-state index is 13.6. The molecule has 154 valence electrons. The normalized spacial score (nSPS) is 11.1. The third-order valence-corrected chi connectivity index (χ3v) is 3.60. The van der Waals surface area contributed by atoms with Crippen LogP contribution in [0.5, 0.6) is 17.2 Å². The van der Waals surface area contributed by atoms with Crippen LogP contribution in [0.2, 0.25) is 0 Å². The van der Waals surface area contributed by atoms with Crippen molar-refractivity contribution in [2.75, 3.05) is 13.7 Å². The molecule has 0 aliphatic rings. The summed E-state index contributed by atoms with van der Waals surface area (Å²) in [4.78, 5) is 35.1.